The molecular weight excluding hydrogens is 222 g/mol. The Labute approximate surface area is 99.3 Å². The molecule has 82 valence electrons. The van der Waals surface area contributed by atoms with Crippen molar-refractivity contribution in [2.24, 2.45) is 5.73 Å². The molecule has 1 heterocycles. The van der Waals surface area contributed by atoms with E-state index in [1.807, 2.05) is 18.2 Å². The highest BCUT2D eigenvalue weighted by Crippen LogP contribution is 2.19. The van der Waals surface area contributed by atoms with E-state index in [2.05, 4.69) is 16.0 Å². The monoisotopic (exact) mass is 233 g/mol. The average molecular weight is 234 g/mol. The van der Waals surface area contributed by atoms with Gasteiger partial charge in [0, 0.05) is 5.56 Å². The molecule has 0 amide bonds. The van der Waals surface area contributed by atoms with E-state index in [1.165, 1.54) is 11.8 Å². The summed E-state index contributed by atoms with van der Waals surface area (Å²) in [7, 11) is 0. The number of hydrogen-bond donors (Lipinski definition) is 1. The SMILES string of the molecule is NCCc1cccc(-c2cncc(Cl)n2)c1. The summed E-state index contributed by atoms with van der Waals surface area (Å²) in [4.78, 5) is 8.23. The molecular formula is C12H12ClN3. The minimum atomic E-state index is 0.404. The molecule has 2 N–H and O–H groups in total. The predicted molar refractivity (Wildman–Crippen MR) is 65.2 cm³/mol. The van der Waals surface area contributed by atoms with Gasteiger partial charge in [-0.1, -0.05) is 29.8 Å². The molecule has 0 spiro atoms. The third-order valence-corrected chi connectivity index (χ3v) is 2.44. The van der Waals surface area contributed by atoms with Crippen molar-refractivity contribution in [3.8, 4) is 11.3 Å². The fourth-order valence-corrected chi connectivity index (χ4v) is 1.68. The Balaban J connectivity index is 2.36. The Bertz CT molecular complexity index is 485. The highest BCUT2D eigenvalue weighted by Gasteiger charge is 2.01. The molecule has 4 heteroatoms. The molecule has 0 radical (unpaired) electrons. The molecule has 0 saturated carbocycles. The van der Waals surface area contributed by atoms with Crippen molar-refractivity contribution < 1.29 is 0 Å². The van der Waals surface area contributed by atoms with Crippen molar-refractivity contribution in [2.45, 2.75) is 6.42 Å². The molecule has 3 nitrogen and oxygen atoms in total. The molecule has 1 aromatic carbocycles. The van der Waals surface area contributed by atoms with Gasteiger partial charge in [-0.15, -0.1) is 0 Å². The van der Waals surface area contributed by atoms with Gasteiger partial charge in [0.15, 0.2) is 0 Å². The van der Waals surface area contributed by atoms with E-state index in [-0.39, 0.29) is 0 Å². The number of aromatic nitrogens is 2. The zero-order valence-corrected chi connectivity index (χ0v) is 9.48. The van der Waals surface area contributed by atoms with E-state index in [0.717, 1.165) is 17.7 Å². The van der Waals surface area contributed by atoms with Gasteiger partial charge in [0.25, 0.3) is 0 Å². The lowest BCUT2D eigenvalue weighted by Crippen LogP contribution is -2.02. The smallest absolute Gasteiger partial charge is 0.148 e. The first-order chi connectivity index (χ1) is 7.79. The summed E-state index contributed by atoms with van der Waals surface area (Å²) in [6, 6.07) is 8.09. The Morgan fingerprint density at radius 2 is 2.12 bits per heavy atom. The van der Waals surface area contributed by atoms with E-state index in [9.17, 15) is 0 Å². The van der Waals surface area contributed by atoms with E-state index in [0.29, 0.717) is 11.7 Å². The lowest BCUT2D eigenvalue weighted by molar-refractivity contribution is 0.969. The second-order valence-corrected chi connectivity index (χ2v) is 3.85. The topological polar surface area (TPSA) is 51.8 Å². The van der Waals surface area contributed by atoms with Crippen LogP contribution in [0.2, 0.25) is 5.15 Å². The largest absolute Gasteiger partial charge is 0.330 e. The van der Waals surface area contributed by atoms with Gasteiger partial charge in [-0.05, 0) is 24.6 Å². The number of hydrogen-bond acceptors (Lipinski definition) is 3. The molecule has 0 aliphatic carbocycles. The fourth-order valence-electron chi connectivity index (χ4n) is 1.53. The molecule has 1 aromatic heterocycles. The van der Waals surface area contributed by atoms with Crippen LogP contribution in [0.3, 0.4) is 0 Å². The number of rotatable bonds is 3. The van der Waals surface area contributed by atoms with Crippen LogP contribution in [0.5, 0.6) is 0 Å². The zero-order valence-electron chi connectivity index (χ0n) is 8.73. The molecule has 0 atom stereocenters. The summed E-state index contributed by atoms with van der Waals surface area (Å²) in [6.45, 7) is 0.644. The fraction of sp³-hybridized carbons (Fsp3) is 0.167. The van der Waals surface area contributed by atoms with Gasteiger partial charge in [-0.3, -0.25) is 4.98 Å². The number of nitrogens with two attached hydrogens (primary N) is 1. The van der Waals surface area contributed by atoms with Gasteiger partial charge in [0.1, 0.15) is 5.15 Å². The Hall–Kier alpha value is -1.45. The van der Waals surface area contributed by atoms with E-state index in [1.54, 1.807) is 6.20 Å². The van der Waals surface area contributed by atoms with Gasteiger partial charge in [0.05, 0.1) is 18.1 Å². The standard InChI is InChI=1S/C12H12ClN3/c13-12-8-15-7-11(16-12)10-3-1-2-9(6-10)4-5-14/h1-3,6-8H,4-5,14H2. The van der Waals surface area contributed by atoms with Crippen LogP contribution in [0.15, 0.2) is 36.7 Å². The van der Waals surface area contributed by atoms with Gasteiger partial charge < -0.3 is 5.73 Å². The van der Waals surface area contributed by atoms with Crippen LogP contribution in [-0.4, -0.2) is 16.5 Å². The molecule has 0 bridgehead atoms. The summed E-state index contributed by atoms with van der Waals surface area (Å²) in [5.41, 5.74) is 8.52. The van der Waals surface area contributed by atoms with Gasteiger partial charge in [-0.2, -0.15) is 0 Å². The molecule has 0 saturated heterocycles. The number of benzene rings is 1. The first kappa shape index (κ1) is 11.0. The summed E-state index contributed by atoms with van der Waals surface area (Å²) < 4.78 is 0. The average Bonchev–Trinajstić information content (AvgIpc) is 2.30. The predicted octanol–water partition coefficient (Wildman–Crippen LogP) is 2.30. The van der Waals surface area contributed by atoms with Crippen LogP contribution >= 0.6 is 11.6 Å². The van der Waals surface area contributed by atoms with Crippen molar-refractivity contribution in [3.05, 3.63) is 47.4 Å². The van der Waals surface area contributed by atoms with Crippen molar-refractivity contribution in [3.63, 3.8) is 0 Å². The van der Waals surface area contributed by atoms with Crippen molar-refractivity contribution in [1.29, 1.82) is 0 Å². The molecule has 2 rings (SSSR count). The molecule has 0 aliphatic rings. The van der Waals surface area contributed by atoms with Crippen LogP contribution in [0.4, 0.5) is 0 Å². The Kier molecular flexibility index (Phi) is 3.49. The van der Waals surface area contributed by atoms with Crippen LogP contribution < -0.4 is 5.73 Å². The quantitative estimate of drug-likeness (QED) is 0.885. The van der Waals surface area contributed by atoms with Crippen LogP contribution in [0, 0.1) is 0 Å². The summed E-state index contributed by atoms with van der Waals surface area (Å²) >= 11 is 5.80. The maximum atomic E-state index is 5.80. The summed E-state index contributed by atoms with van der Waals surface area (Å²) in [5.74, 6) is 0. The van der Waals surface area contributed by atoms with Crippen LogP contribution in [0.1, 0.15) is 5.56 Å². The highest BCUT2D eigenvalue weighted by atomic mass is 35.5. The first-order valence-electron chi connectivity index (χ1n) is 5.06. The molecule has 2 aromatic rings. The van der Waals surface area contributed by atoms with E-state index in [4.69, 9.17) is 17.3 Å². The van der Waals surface area contributed by atoms with E-state index >= 15 is 0 Å². The first-order valence-corrected chi connectivity index (χ1v) is 5.44. The van der Waals surface area contributed by atoms with Crippen LogP contribution in [0.25, 0.3) is 11.3 Å². The van der Waals surface area contributed by atoms with Crippen molar-refractivity contribution >= 4 is 11.6 Å². The lowest BCUT2D eigenvalue weighted by atomic mass is 10.1. The maximum absolute atomic E-state index is 5.80. The zero-order chi connectivity index (χ0) is 11.4. The summed E-state index contributed by atoms with van der Waals surface area (Å²) in [5, 5.41) is 0.404. The van der Waals surface area contributed by atoms with Crippen LogP contribution in [-0.2, 0) is 6.42 Å². The van der Waals surface area contributed by atoms with Crippen molar-refractivity contribution in [2.75, 3.05) is 6.54 Å². The van der Waals surface area contributed by atoms with Gasteiger partial charge in [0.2, 0.25) is 0 Å². The molecule has 16 heavy (non-hydrogen) atoms. The third kappa shape index (κ3) is 2.56. The van der Waals surface area contributed by atoms with Gasteiger partial charge >= 0.3 is 0 Å². The minimum Gasteiger partial charge on any atom is -0.330 e. The second kappa shape index (κ2) is 5.05. The molecule has 0 aliphatic heterocycles. The maximum Gasteiger partial charge on any atom is 0.148 e. The lowest BCUT2D eigenvalue weighted by Gasteiger charge is -2.03. The minimum absolute atomic E-state index is 0.404. The summed E-state index contributed by atoms with van der Waals surface area (Å²) in [6.07, 6.45) is 4.09. The Morgan fingerprint density at radius 3 is 2.88 bits per heavy atom. The second-order valence-electron chi connectivity index (χ2n) is 3.47. The molecule has 0 fully saturated rings. The number of nitrogens with zero attached hydrogens (tertiary/aromatic N) is 2. The third-order valence-electron chi connectivity index (χ3n) is 2.26. The number of halogens is 1. The normalized spacial score (nSPS) is 10.4. The van der Waals surface area contributed by atoms with E-state index < -0.39 is 0 Å². The highest BCUT2D eigenvalue weighted by molar-refractivity contribution is 6.29. The van der Waals surface area contributed by atoms with Crippen molar-refractivity contribution in [1.82, 2.24) is 9.97 Å². The van der Waals surface area contributed by atoms with Gasteiger partial charge in [-0.25, -0.2) is 4.98 Å². The Morgan fingerprint density at radius 1 is 1.25 bits per heavy atom. The molecule has 0 unspecified atom stereocenters.